The second-order valence-electron chi connectivity index (χ2n) is 4.71. The Bertz CT molecular complexity index is 845. The van der Waals surface area contributed by atoms with Crippen molar-refractivity contribution in [3.8, 4) is 11.1 Å². The van der Waals surface area contributed by atoms with E-state index in [1.54, 1.807) is 17.5 Å². The Morgan fingerprint density at radius 1 is 1.04 bits per heavy atom. The summed E-state index contributed by atoms with van der Waals surface area (Å²) in [5.74, 6) is -1.44. The highest BCUT2D eigenvalue weighted by Crippen LogP contribution is 2.35. The van der Waals surface area contributed by atoms with Crippen LogP contribution in [-0.4, -0.2) is 22.0 Å². The Morgan fingerprint density at radius 2 is 1.74 bits per heavy atom. The molecule has 1 amide bonds. The molecule has 0 aliphatic carbocycles. The number of carboxylic acid groups (broad SMARTS) is 1. The maximum Gasteiger partial charge on any atom is 0.339 e. The molecule has 2 N–H and O–H groups in total. The number of amides is 1. The first-order valence-corrected chi connectivity index (χ1v) is 7.66. The average molecular weight is 324 g/mol. The van der Waals surface area contributed by atoms with Crippen molar-refractivity contribution in [2.24, 2.45) is 0 Å². The quantitative estimate of drug-likeness (QED) is 0.766. The molecule has 3 aromatic rings. The number of rotatable bonds is 4. The van der Waals surface area contributed by atoms with E-state index in [2.05, 4.69) is 10.3 Å². The zero-order chi connectivity index (χ0) is 16.2. The number of anilines is 1. The van der Waals surface area contributed by atoms with Gasteiger partial charge in [-0.25, -0.2) is 4.79 Å². The van der Waals surface area contributed by atoms with E-state index in [9.17, 15) is 14.7 Å². The third kappa shape index (κ3) is 3.12. The number of pyridine rings is 1. The highest BCUT2D eigenvalue weighted by molar-refractivity contribution is 7.15. The number of hydrogen-bond acceptors (Lipinski definition) is 4. The van der Waals surface area contributed by atoms with Crippen LogP contribution in [0.15, 0.2) is 60.2 Å². The van der Waals surface area contributed by atoms with E-state index < -0.39 is 5.97 Å². The number of nitrogens with zero attached hydrogens (tertiary/aromatic N) is 1. The van der Waals surface area contributed by atoms with Gasteiger partial charge in [0.2, 0.25) is 0 Å². The summed E-state index contributed by atoms with van der Waals surface area (Å²) in [4.78, 5) is 27.7. The van der Waals surface area contributed by atoms with Crippen molar-refractivity contribution in [2.75, 3.05) is 5.32 Å². The average Bonchev–Trinajstić information content (AvgIpc) is 3.00. The molecule has 0 spiro atoms. The van der Waals surface area contributed by atoms with E-state index in [4.69, 9.17) is 0 Å². The van der Waals surface area contributed by atoms with Gasteiger partial charge in [0, 0.05) is 28.9 Å². The molecule has 0 atom stereocenters. The number of carboxylic acids is 1. The van der Waals surface area contributed by atoms with E-state index in [-0.39, 0.29) is 11.5 Å². The van der Waals surface area contributed by atoms with Crippen LogP contribution in [0.2, 0.25) is 0 Å². The SMILES string of the molecule is O=C(Nc1scc(-c2ccccc2)c1C(=O)O)c1ccncc1. The van der Waals surface area contributed by atoms with Crippen molar-refractivity contribution in [3.05, 3.63) is 71.4 Å². The number of benzene rings is 1. The lowest BCUT2D eigenvalue weighted by molar-refractivity contribution is 0.0699. The number of nitrogens with one attached hydrogen (secondary N) is 1. The molecule has 5 nitrogen and oxygen atoms in total. The first kappa shape index (κ1) is 14.9. The van der Waals surface area contributed by atoms with Crippen LogP contribution >= 0.6 is 11.3 Å². The standard InChI is InChI=1S/C17H12N2O3S/c20-15(12-6-8-18-9-7-12)19-16-14(17(21)22)13(10-23-16)11-4-2-1-3-5-11/h1-10H,(H,19,20)(H,21,22). The molecule has 3 rings (SSSR count). The van der Waals surface area contributed by atoms with Gasteiger partial charge in [0.25, 0.3) is 5.91 Å². The van der Waals surface area contributed by atoms with Crippen LogP contribution in [0.4, 0.5) is 5.00 Å². The Labute approximate surface area is 136 Å². The molecule has 114 valence electrons. The van der Waals surface area contributed by atoms with Gasteiger partial charge in [0.05, 0.1) is 0 Å². The van der Waals surface area contributed by atoms with Crippen LogP contribution in [0, 0.1) is 0 Å². The summed E-state index contributed by atoms with van der Waals surface area (Å²) >= 11 is 1.19. The molecule has 6 heteroatoms. The van der Waals surface area contributed by atoms with Gasteiger partial charge in [-0.1, -0.05) is 30.3 Å². The largest absolute Gasteiger partial charge is 0.478 e. The molecule has 0 unspecified atom stereocenters. The molecule has 0 bridgehead atoms. The van der Waals surface area contributed by atoms with E-state index in [0.717, 1.165) is 5.56 Å². The first-order chi connectivity index (χ1) is 11.2. The number of aromatic nitrogens is 1. The summed E-state index contributed by atoms with van der Waals surface area (Å²) in [6.07, 6.45) is 3.02. The lowest BCUT2D eigenvalue weighted by atomic mass is 10.0. The van der Waals surface area contributed by atoms with Gasteiger partial charge in [-0.15, -0.1) is 11.3 Å². The molecule has 0 aliphatic rings. The molecule has 23 heavy (non-hydrogen) atoms. The van der Waals surface area contributed by atoms with Crippen LogP contribution in [0.1, 0.15) is 20.7 Å². The molecule has 1 aromatic carbocycles. The molecular formula is C17H12N2O3S. The third-order valence-electron chi connectivity index (χ3n) is 3.26. The number of thiophene rings is 1. The summed E-state index contributed by atoms with van der Waals surface area (Å²) in [6, 6.07) is 12.4. The number of carbonyl (C=O) groups excluding carboxylic acids is 1. The lowest BCUT2D eigenvalue weighted by Crippen LogP contribution is -2.13. The summed E-state index contributed by atoms with van der Waals surface area (Å²) in [7, 11) is 0. The molecule has 0 aliphatic heterocycles. The monoisotopic (exact) mass is 324 g/mol. The van der Waals surface area contributed by atoms with Crippen molar-refractivity contribution in [1.29, 1.82) is 0 Å². The molecule has 2 aromatic heterocycles. The minimum atomic E-state index is -1.07. The maximum absolute atomic E-state index is 12.2. The summed E-state index contributed by atoms with van der Waals surface area (Å²) in [5.41, 5.74) is 1.91. The predicted molar refractivity (Wildman–Crippen MR) is 88.9 cm³/mol. The fourth-order valence-electron chi connectivity index (χ4n) is 2.17. The van der Waals surface area contributed by atoms with E-state index in [0.29, 0.717) is 16.1 Å². The van der Waals surface area contributed by atoms with Crippen LogP contribution in [0.3, 0.4) is 0 Å². The van der Waals surface area contributed by atoms with Crippen molar-refractivity contribution in [2.45, 2.75) is 0 Å². The second-order valence-corrected chi connectivity index (χ2v) is 5.59. The third-order valence-corrected chi connectivity index (χ3v) is 4.15. The van der Waals surface area contributed by atoms with Crippen molar-refractivity contribution >= 4 is 28.2 Å². The van der Waals surface area contributed by atoms with Crippen molar-refractivity contribution in [1.82, 2.24) is 4.98 Å². The smallest absolute Gasteiger partial charge is 0.339 e. The van der Waals surface area contributed by atoms with Crippen molar-refractivity contribution < 1.29 is 14.7 Å². The topological polar surface area (TPSA) is 79.3 Å². The van der Waals surface area contributed by atoms with E-state index >= 15 is 0 Å². The Balaban J connectivity index is 1.96. The predicted octanol–water partition coefficient (Wildman–Crippen LogP) is 3.76. The van der Waals surface area contributed by atoms with Gasteiger partial charge in [-0.2, -0.15) is 0 Å². The normalized spacial score (nSPS) is 10.3. The van der Waals surface area contributed by atoms with Crippen LogP contribution in [0.5, 0.6) is 0 Å². The van der Waals surface area contributed by atoms with Gasteiger partial charge in [0.1, 0.15) is 10.6 Å². The second kappa shape index (κ2) is 6.41. The van der Waals surface area contributed by atoms with E-state index in [1.165, 1.54) is 23.7 Å². The molecule has 0 saturated heterocycles. The van der Waals surface area contributed by atoms with Gasteiger partial charge in [-0.05, 0) is 17.7 Å². The zero-order valence-electron chi connectivity index (χ0n) is 11.9. The van der Waals surface area contributed by atoms with Crippen LogP contribution < -0.4 is 5.32 Å². The Hall–Kier alpha value is -2.99. The summed E-state index contributed by atoms with van der Waals surface area (Å²) in [6.45, 7) is 0. The maximum atomic E-state index is 12.2. The first-order valence-electron chi connectivity index (χ1n) is 6.78. The highest BCUT2D eigenvalue weighted by atomic mass is 32.1. The zero-order valence-corrected chi connectivity index (χ0v) is 12.7. The van der Waals surface area contributed by atoms with Crippen LogP contribution in [0.25, 0.3) is 11.1 Å². The number of hydrogen-bond donors (Lipinski definition) is 2. The fraction of sp³-hybridized carbons (Fsp3) is 0. The molecular weight excluding hydrogens is 312 g/mol. The minimum absolute atomic E-state index is 0.101. The fourth-order valence-corrected chi connectivity index (χ4v) is 3.13. The minimum Gasteiger partial charge on any atom is -0.478 e. The molecule has 0 saturated carbocycles. The summed E-state index contributed by atoms with van der Waals surface area (Å²) < 4.78 is 0. The van der Waals surface area contributed by atoms with Gasteiger partial charge >= 0.3 is 5.97 Å². The molecule has 2 heterocycles. The van der Waals surface area contributed by atoms with Gasteiger partial charge in [-0.3, -0.25) is 9.78 Å². The molecule has 0 radical (unpaired) electrons. The number of aromatic carboxylic acids is 1. The highest BCUT2D eigenvalue weighted by Gasteiger charge is 2.21. The van der Waals surface area contributed by atoms with Crippen molar-refractivity contribution in [3.63, 3.8) is 0 Å². The number of carbonyl (C=O) groups is 2. The Morgan fingerprint density at radius 3 is 2.39 bits per heavy atom. The van der Waals surface area contributed by atoms with Gasteiger partial charge < -0.3 is 10.4 Å². The summed E-state index contributed by atoms with van der Waals surface area (Å²) in [5, 5.41) is 14.2. The van der Waals surface area contributed by atoms with E-state index in [1.807, 2.05) is 30.3 Å². The van der Waals surface area contributed by atoms with Gasteiger partial charge in [0.15, 0.2) is 0 Å². The Kier molecular flexibility index (Phi) is 4.16. The molecule has 0 fully saturated rings. The lowest BCUT2D eigenvalue weighted by Gasteiger charge is -2.06. The van der Waals surface area contributed by atoms with Crippen LogP contribution in [-0.2, 0) is 0 Å².